The Balaban J connectivity index is 1.93. The van der Waals surface area contributed by atoms with Crippen LogP contribution in [0.15, 0.2) is 12.3 Å². The monoisotopic (exact) mass is 304 g/mol. The second-order valence-corrected chi connectivity index (χ2v) is 7.83. The van der Waals surface area contributed by atoms with Gasteiger partial charge in [-0.3, -0.25) is 0 Å². The molecule has 0 aliphatic heterocycles. The highest BCUT2D eigenvalue weighted by Crippen LogP contribution is 2.66. The minimum Gasteiger partial charge on any atom is -0.473 e. The van der Waals surface area contributed by atoms with Gasteiger partial charge in [-0.25, -0.2) is 4.98 Å². The van der Waals surface area contributed by atoms with Crippen LogP contribution in [0.1, 0.15) is 51.2 Å². The van der Waals surface area contributed by atoms with Crippen molar-refractivity contribution >= 4 is 17.2 Å². The summed E-state index contributed by atoms with van der Waals surface area (Å²) >= 11 is 5.18. The number of pyridine rings is 1. The van der Waals surface area contributed by atoms with Gasteiger partial charge in [-0.05, 0) is 49.1 Å². The van der Waals surface area contributed by atoms with E-state index in [0.29, 0.717) is 16.3 Å². The van der Waals surface area contributed by atoms with Gasteiger partial charge >= 0.3 is 0 Å². The highest BCUT2D eigenvalue weighted by Gasteiger charge is 2.62. The van der Waals surface area contributed by atoms with Gasteiger partial charge in [0.15, 0.2) is 0 Å². The van der Waals surface area contributed by atoms with E-state index < -0.39 is 0 Å². The van der Waals surface area contributed by atoms with Crippen molar-refractivity contribution in [2.75, 3.05) is 0 Å². The zero-order chi connectivity index (χ0) is 15.4. The third-order valence-electron chi connectivity index (χ3n) is 6.34. The molecule has 1 aromatic rings. The summed E-state index contributed by atoms with van der Waals surface area (Å²) in [5, 5.41) is 0. The van der Waals surface area contributed by atoms with Crippen LogP contribution in [0.5, 0.6) is 5.88 Å². The first kappa shape index (κ1) is 14.8. The maximum atomic E-state index is 6.34. The minimum atomic E-state index is 0.202. The summed E-state index contributed by atoms with van der Waals surface area (Å²) in [6, 6.07) is 1.92. The Morgan fingerprint density at radius 1 is 1.43 bits per heavy atom. The maximum absolute atomic E-state index is 6.34. The molecule has 2 N–H and O–H groups in total. The molecule has 0 saturated heterocycles. The molecule has 0 amide bonds. The van der Waals surface area contributed by atoms with Crippen molar-refractivity contribution in [3.05, 3.63) is 23.4 Å². The number of nitrogens with zero attached hydrogens (tertiary/aromatic N) is 1. The molecule has 0 radical (unpaired) electrons. The smallest absolute Gasteiger partial charge is 0.224 e. The molecule has 3 nitrogen and oxygen atoms in total. The summed E-state index contributed by atoms with van der Waals surface area (Å²) in [5.41, 5.74) is 8.21. The third-order valence-corrected chi connectivity index (χ3v) is 6.54. The fourth-order valence-corrected chi connectivity index (χ4v) is 4.61. The van der Waals surface area contributed by atoms with Crippen LogP contribution in [0, 0.1) is 23.7 Å². The lowest BCUT2D eigenvalue weighted by Gasteiger charge is -2.38. The van der Waals surface area contributed by atoms with Crippen molar-refractivity contribution in [2.45, 2.75) is 53.1 Å². The molecule has 2 bridgehead atoms. The third kappa shape index (κ3) is 1.99. The summed E-state index contributed by atoms with van der Waals surface area (Å²) in [6.07, 6.45) is 5.62. The summed E-state index contributed by atoms with van der Waals surface area (Å²) in [5.74, 6) is 1.35. The lowest BCUT2D eigenvalue weighted by Crippen LogP contribution is -2.39. The van der Waals surface area contributed by atoms with Gasteiger partial charge in [-0.2, -0.15) is 0 Å². The number of rotatable bonds is 3. The Hall–Kier alpha value is -1.16. The number of hydrogen-bond acceptors (Lipinski definition) is 3. The number of aromatic nitrogens is 1. The number of nitrogens with two attached hydrogens (primary N) is 1. The molecule has 2 fully saturated rings. The van der Waals surface area contributed by atoms with Gasteiger partial charge in [0.1, 0.15) is 11.1 Å². The Bertz CT molecular complexity index is 598. The maximum Gasteiger partial charge on any atom is 0.224 e. The molecule has 2 aliphatic rings. The SMILES string of the molecule is Cc1ccnc(OC2CC3CCC2(C)C3(C)C)c1C(N)=S. The van der Waals surface area contributed by atoms with Crippen molar-refractivity contribution in [1.82, 2.24) is 4.98 Å². The van der Waals surface area contributed by atoms with E-state index in [1.807, 2.05) is 13.0 Å². The first-order valence-electron chi connectivity index (χ1n) is 7.69. The zero-order valence-electron chi connectivity index (χ0n) is 13.3. The molecule has 3 atom stereocenters. The van der Waals surface area contributed by atoms with E-state index in [0.717, 1.165) is 23.5 Å². The molecule has 1 aromatic heterocycles. The number of thiocarbonyl (C=S) groups is 1. The second-order valence-electron chi connectivity index (χ2n) is 7.39. The quantitative estimate of drug-likeness (QED) is 0.867. The molecule has 0 spiro atoms. The second kappa shape index (κ2) is 4.67. The van der Waals surface area contributed by atoms with Crippen molar-refractivity contribution in [1.29, 1.82) is 0 Å². The first-order valence-corrected chi connectivity index (χ1v) is 8.10. The Kier molecular flexibility index (Phi) is 3.28. The fourth-order valence-electron chi connectivity index (χ4n) is 4.37. The molecule has 114 valence electrons. The van der Waals surface area contributed by atoms with Crippen LogP contribution in [-0.4, -0.2) is 16.1 Å². The van der Waals surface area contributed by atoms with Crippen molar-refractivity contribution in [2.24, 2.45) is 22.5 Å². The number of aryl methyl sites for hydroxylation is 1. The average molecular weight is 304 g/mol. The van der Waals surface area contributed by atoms with Gasteiger partial charge in [-0.1, -0.05) is 33.0 Å². The van der Waals surface area contributed by atoms with Crippen LogP contribution in [0.4, 0.5) is 0 Å². The summed E-state index contributed by atoms with van der Waals surface area (Å²) in [7, 11) is 0. The van der Waals surface area contributed by atoms with E-state index >= 15 is 0 Å². The van der Waals surface area contributed by atoms with Crippen molar-refractivity contribution in [3.8, 4) is 5.88 Å². The van der Waals surface area contributed by atoms with Gasteiger partial charge in [0.05, 0.1) is 5.56 Å². The number of fused-ring (bicyclic) bond motifs is 2. The molecule has 3 rings (SSSR count). The van der Waals surface area contributed by atoms with E-state index in [1.54, 1.807) is 6.20 Å². The lowest BCUT2D eigenvalue weighted by molar-refractivity contribution is 0.0272. The lowest BCUT2D eigenvalue weighted by atomic mass is 9.70. The summed E-state index contributed by atoms with van der Waals surface area (Å²) < 4.78 is 6.34. The van der Waals surface area contributed by atoms with E-state index in [4.69, 9.17) is 22.7 Å². The molecule has 4 heteroatoms. The van der Waals surface area contributed by atoms with Crippen LogP contribution in [0.3, 0.4) is 0 Å². The van der Waals surface area contributed by atoms with Gasteiger partial charge in [-0.15, -0.1) is 0 Å². The van der Waals surface area contributed by atoms with E-state index in [1.165, 1.54) is 12.8 Å². The molecule has 1 heterocycles. The molecule has 2 saturated carbocycles. The Labute approximate surface area is 132 Å². The normalized spacial score (nSPS) is 33.1. The molecular formula is C17H24N2OS. The van der Waals surface area contributed by atoms with Crippen molar-refractivity contribution in [3.63, 3.8) is 0 Å². The predicted molar refractivity (Wildman–Crippen MR) is 88.5 cm³/mol. The van der Waals surface area contributed by atoms with Crippen LogP contribution >= 0.6 is 12.2 Å². The van der Waals surface area contributed by atoms with Crippen LogP contribution in [-0.2, 0) is 0 Å². The Morgan fingerprint density at radius 3 is 2.67 bits per heavy atom. The number of ether oxygens (including phenoxy) is 1. The van der Waals surface area contributed by atoms with Crippen LogP contribution in [0.25, 0.3) is 0 Å². The molecule has 2 aliphatic carbocycles. The van der Waals surface area contributed by atoms with Gasteiger partial charge in [0.2, 0.25) is 5.88 Å². The predicted octanol–water partition coefficient (Wildman–Crippen LogP) is 3.62. The van der Waals surface area contributed by atoms with E-state index in [2.05, 4.69) is 25.8 Å². The highest BCUT2D eigenvalue weighted by atomic mass is 32.1. The van der Waals surface area contributed by atoms with Crippen LogP contribution in [0.2, 0.25) is 0 Å². The highest BCUT2D eigenvalue weighted by molar-refractivity contribution is 7.80. The molecule has 3 unspecified atom stereocenters. The van der Waals surface area contributed by atoms with Gasteiger partial charge < -0.3 is 10.5 Å². The average Bonchev–Trinajstić information content (AvgIpc) is 2.71. The minimum absolute atomic E-state index is 0.202. The standard InChI is InChI=1S/C17H24N2OS/c1-10-6-8-19-15(13(10)14(18)21)20-12-9-11-5-7-17(12,4)16(11,2)3/h6,8,11-12H,5,7,9H2,1-4H3,(H2,18,21). The summed E-state index contributed by atoms with van der Waals surface area (Å²) in [4.78, 5) is 4.76. The number of hydrogen-bond donors (Lipinski definition) is 1. The molecule has 21 heavy (non-hydrogen) atoms. The van der Waals surface area contributed by atoms with E-state index in [9.17, 15) is 0 Å². The first-order chi connectivity index (χ1) is 9.77. The topological polar surface area (TPSA) is 48.1 Å². The van der Waals surface area contributed by atoms with Gasteiger partial charge in [0, 0.05) is 11.6 Å². The van der Waals surface area contributed by atoms with Crippen LogP contribution < -0.4 is 10.5 Å². The molecule has 0 aromatic carbocycles. The van der Waals surface area contributed by atoms with Crippen molar-refractivity contribution < 1.29 is 4.74 Å². The largest absolute Gasteiger partial charge is 0.473 e. The molecular weight excluding hydrogens is 280 g/mol. The van der Waals surface area contributed by atoms with Gasteiger partial charge in [0.25, 0.3) is 0 Å². The zero-order valence-corrected chi connectivity index (χ0v) is 14.1. The van der Waals surface area contributed by atoms with E-state index in [-0.39, 0.29) is 11.5 Å². The Morgan fingerprint density at radius 2 is 2.14 bits per heavy atom. The summed E-state index contributed by atoms with van der Waals surface area (Å²) in [6.45, 7) is 9.12. The fraction of sp³-hybridized carbons (Fsp3) is 0.647.